The molecule has 0 saturated carbocycles. The van der Waals surface area contributed by atoms with Crippen LogP contribution in [0.4, 0.5) is 0 Å². The Balaban J connectivity index is 2.16. The molecule has 0 bridgehead atoms. The molecule has 1 aliphatic heterocycles. The van der Waals surface area contributed by atoms with E-state index >= 15 is 0 Å². The lowest BCUT2D eigenvalue weighted by atomic mass is 9.97. The van der Waals surface area contributed by atoms with Gasteiger partial charge in [0.2, 0.25) is 0 Å². The van der Waals surface area contributed by atoms with Crippen molar-refractivity contribution in [2.45, 2.75) is 18.8 Å². The Hall–Kier alpha value is -1.65. The zero-order valence-corrected chi connectivity index (χ0v) is 6.73. The van der Waals surface area contributed by atoms with E-state index in [1.807, 2.05) is 0 Å². The molecule has 5 nitrogen and oxygen atoms in total. The summed E-state index contributed by atoms with van der Waals surface area (Å²) in [5.74, 6) is -0.656. The van der Waals surface area contributed by atoms with Gasteiger partial charge in [-0.2, -0.15) is 0 Å². The van der Waals surface area contributed by atoms with Crippen molar-refractivity contribution in [2.24, 2.45) is 0 Å². The molecule has 1 saturated heterocycles. The van der Waals surface area contributed by atoms with Crippen LogP contribution in [0.5, 0.6) is 0 Å². The lowest BCUT2D eigenvalue weighted by Crippen LogP contribution is -2.23. The van der Waals surface area contributed by atoms with Crippen LogP contribution in [0.15, 0.2) is 17.0 Å². The number of rotatable bonds is 1. The van der Waals surface area contributed by atoms with Crippen molar-refractivity contribution in [1.82, 2.24) is 4.98 Å². The molecule has 13 heavy (non-hydrogen) atoms. The smallest absolute Gasteiger partial charge is 0.314 e. The predicted molar refractivity (Wildman–Crippen MR) is 39.6 cm³/mol. The van der Waals surface area contributed by atoms with Crippen LogP contribution in [-0.2, 0) is 14.3 Å². The maximum atomic E-state index is 10.9. The highest BCUT2D eigenvalue weighted by atomic mass is 16.6. The van der Waals surface area contributed by atoms with E-state index in [0.717, 1.165) is 0 Å². The van der Waals surface area contributed by atoms with Gasteiger partial charge in [0.25, 0.3) is 0 Å². The normalized spacial score (nSPS) is 18.8. The molecule has 2 heterocycles. The van der Waals surface area contributed by atoms with Gasteiger partial charge in [0.05, 0.1) is 19.0 Å². The fraction of sp³-hybridized carbons (Fsp3) is 0.375. The minimum Gasteiger partial charge on any atom is -0.448 e. The van der Waals surface area contributed by atoms with Gasteiger partial charge in [0.1, 0.15) is 5.76 Å². The maximum Gasteiger partial charge on any atom is 0.314 e. The standard InChI is InChI=1S/C8H7NO4/c10-7-1-5(2-8(11)13-7)6-3-9-4-12-6/h3-5H,1-2H2. The molecule has 0 aliphatic carbocycles. The van der Waals surface area contributed by atoms with Gasteiger partial charge in [-0.15, -0.1) is 0 Å². The third-order valence-corrected chi connectivity index (χ3v) is 1.91. The van der Waals surface area contributed by atoms with Crippen molar-refractivity contribution in [3.05, 3.63) is 18.4 Å². The summed E-state index contributed by atoms with van der Waals surface area (Å²) >= 11 is 0. The molecular weight excluding hydrogens is 174 g/mol. The van der Waals surface area contributed by atoms with Gasteiger partial charge in [-0.25, -0.2) is 4.98 Å². The number of hydrogen-bond acceptors (Lipinski definition) is 5. The fourth-order valence-corrected chi connectivity index (χ4v) is 1.31. The van der Waals surface area contributed by atoms with Crippen LogP contribution in [0.3, 0.4) is 0 Å². The Kier molecular flexibility index (Phi) is 1.84. The highest BCUT2D eigenvalue weighted by Gasteiger charge is 2.30. The average Bonchev–Trinajstić information content (AvgIpc) is 2.53. The molecule has 1 aliphatic rings. The molecule has 0 aromatic carbocycles. The highest BCUT2D eigenvalue weighted by Crippen LogP contribution is 2.27. The van der Waals surface area contributed by atoms with Gasteiger partial charge < -0.3 is 9.15 Å². The number of oxazole rings is 1. The Labute approximate surface area is 73.7 Å². The summed E-state index contributed by atoms with van der Waals surface area (Å²) in [7, 11) is 0. The van der Waals surface area contributed by atoms with Gasteiger partial charge >= 0.3 is 11.9 Å². The highest BCUT2D eigenvalue weighted by molar-refractivity contribution is 5.89. The maximum absolute atomic E-state index is 10.9. The lowest BCUT2D eigenvalue weighted by Gasteiger charge is -2.16. The second-order valence-corrected chi connectivity index (χ2v) is 2.86. The molecule has 1 aromatic rings. The number of esters is 2. The third kappa shape index (κ3) is 1.58. The molecule has 1 fully saturated rings. The number of ether oxygens (including phenoxy) is 1. The molecule has 0 N–H and O–H groups in total. The number of nitrogens with zero attached hydrogens (tertiary/aromatic N) is 1. The van der Waals surface area contributed by atoms with Crippen molar-refractivity contribution >= 4 is 11.9 Å². The molecule has 0 atom stereocenters. The fourth-order valence-electron chi connectivity index (χ4n) is 1.31. The van der Waals surface area contributed by atoms with E-state index in [4.69, 9.17) is 4.42 Å². The van der Waals surface area contributed by atoms with Crippen LogP contribution in [0, 0.1) is 0 Å². The van der Waals surface area contributed by atoms with Crippen molar-refractivity contribution in [3.63, 3.8) is 0 Å². The quantitative estimate of drug-likeness (QED) is 0.469. The van der Waals surface area contributed by atoms with E-state index in [9.17, 15) is 9.59 Å². The van der Waals surface area contributed by atoms with E-state index in [1.165, 1.54) is 12.6 Å². The topological polar surface area (TPSA) is 69.4 Å². The van der Waals surface area contributed by atoms with E-state index in [-0.39, 0.29) is 18.8 Å². The van der Waals surface area contributed by atoms with Crippen LogP contribution >= 0.6 is 0 Å². The van der Waals surface area contributed by atoms with Crippen LogP contribution in [0.2, 0.25) is 0 Å². The first-order valence-corrected chi connectivity index (χ1v) is 3.87. The molecule has 2 rings (SSSR count). The van der Waals surface area contributed by atoms with Crippen molar-refractivity contribution < 1.29 is 18.7 Å². The summed E-state index contributed by atoms with van der Waals surface area (Å²) in [5, 5.41) is 0. The van der Waals surface area contributed by atoms with Gasteiger partial charge in [-0.3, -0.25) is 9.59 Å². The van der Waals surface area contributed by atoms with Crippen LogP contribution in [0.1, 0.15) is 24.5 Å². The summed E-state index contributed by atoms with van der Waals surface area (Å²) in [6.07, 6.45) is 3.15. The first kappa shape index (κ1) is 7.97. The molecule has 0 radical (unpaired) electrons. The van der Waals surface area contributed by atoms with Gasteiger partial charge in [-0.05, 0) is 0 Å². The Morgan fingerprint density at radius 2 is 2.00 bits per heavy atom. The lowest BCUT2D eigenvalue weighted by molar-refractivity contribution is -0.164. The SMILES string of the molecule is O=C1CC(c2cnco2)CC(=O)O1. The zero-order valence-electron chi connectivity index (χ0n) is 6.73. The summed E-state index contributed by atoms with van der Waals surface area (Å²) in [6.45, 7) is 0. The summed E-state index contributed by atoms with van der Waals surface area (Å²) in [6, 6.07) is 0. The van der Waals surface area contributed by atoms with Crippen molar-refractivity contribution in [1.29, 1.82) is 0 Å². The third-order valence-electron chi connectivity index (χ3n) is 1.91. The minimum atomic E-state index is -0.502. The zero-order chi connectivity index (χ0) is 9.26. The summed E-state index contributed by atoms with van der Waals surface area (Å²) in [4.78, 5) is 25.5. The molecular formula is C8H7NO4. The van der Waals surface area contributed by atoms with Gasteiger partial charge in [0, 0.05) is 5.92 Å². The number of carbonyl (C=O) groups is 2. The minimum absolute atomic E-state index is 0.181. The number of hydrogen-bond donors (Lipinski definition) is 0. The molecule has 0 amide bonds. The molecule has 0 unspecified atom stereocenters. The molecule has 0 spiro atoms. The number of carbonyl (C=O) groups excluding carboxylic acids is 2. The van der Waals surface area contributed by atoms with E-state index in [1.54, 1.807) is 0 Å². The Morgan fingerprint density at radius 3 is 2.54 bits per heavy atom. The average molecular weight is 181 g/mol. The van der Waals surface area contributed by atoms with Gasteiger partial charge in [-0.1, -0.05) is 0 Å². The number of cyclic esters (lactones) is 2. The van der Waals surface area contributed by atoms with Crippen LogP contribution in [-0.4, -0.2) is 16.9 Å². The Morgan fingerprint density at radius 1 is 1.31 bits per heavy atom. The van der Waals surface area contributed by atoms with Crippen LogP contribution in [0.25, 0.3) is 0 Å². The Bertz CT molecular complexity index is 314. The first-order chi connectivity index (χ1) is 6.25. The monoisotopic (exact) mass is 181 g/mol. The van der Waals surface area contributed by atoms with Crippen molar-refractivity contribution in [3.8, 4) is 0 Å². The second-order valence-electron chi connectivity index (χ2n) is 2.86. The first-order valence-electron chi connectivity index (χ1n) is 3.87. The van der Waals surface area contributed by atoms with E-state index in [0.29, 0.717) is 5.76 Å². The largest absolute Gasteiger partial charge is 0.448 e. The summed E-state index contributed by atoms with van der Waals surface area (Å²) < 4.78 is 9.37. The summed E-state index contributed by atoms with van der Waals surface area (Å²) in [5.41, 5.74) is 0. The van der Waals surface area contributed by atoms with E-state index in [2.05, 4.69) is 9.72 Å². The number of aromatic nitrogens is 1. The van der Waals surface area contributed by atoms with Crippen molar-refractivity contribution in [2.75, 3.05) is 0 Å². The van der Waals surface area contributed by atoms with E-state index < -0.39 is 11.9 Å². The predicted octanol–water partition coefficient (Wildman–Crippen LogP) is 0.622. The molecule has 5 heteroatoms. The van der Waals surface area contributed by atoms with Crippen LogP contribution < -0.4 is 0 Å². The molecule has 1 aromatic heterocycles. The van der Waals surface area contributed by atoms with Gasteiger partial charge in [0.15, 0.2) is 6.39 Å². The molecule has 68 valence electrons. The second kappa shape index (κ2) is 3.01.